The average molecular weight is 258 g/mol. The van der Waals surface area contributed by atoms with E-state index in [4.69, 9.17) is 5.73 Å². The van der Waals surface area contributed by atoms with Gasteiger partial charge in [-0.1, -0.05) is 37.3 Å². The summed E-state index contributed by atoms with van der Waals surface area (Å²) in [5, 5.41) is 2.82. The van der Waals surface area contributed by atoms with Crippen molar-refractivity contribution < 1.29 is 4.79 Å². The Morgan fingerprint density at radius 2 is 2.16 bits per heavy atom. The van der Waals surface area contributed by atoms with E-state index in [1.807, 2.05) is 37.3 Å². The number of benzene rings is 1. The number of nitrogens with zero attached hydrogens (tertiary/aromatic N) is 1. The van der Waals surface area contributed by atoms with Crippen molar-refractivity contribution in [3.05, 3.63) is 54.1 Å². The number of rotatable bonds is 5. The first-order valence-electron chi connectivity index (χ1n) is 6.25. The van der Waals surface area contributed by atoms with Crippen molar-refractivity contribution in [2.45, 2.75) is 19.5 Å². The molecule has 100 valence electrons. The Bertz CT molecular complexity index is 510. The molecule has 0 radical (unpaired) electrons. The molecule has 0 spiro atoms. The number of nitrogens with one attached hydrogen (secondary N) is 2. The molecule has 0 aliphatic heterocycles. The van der Waals surface area contributed by atoms with Crippen LogP contribution in [0.15, 0.2) is 42.7 Å². The summed E-state index contributed by atoms with van der Waals surface area (Å²) in [6, 6.07) is 9.32. The number of imidazole rings is 1. The van der Waals surface area contributed by atoms with Crippen LogP contribution in [0.3, 0.4) is 0 Å². The third-order valence-corrected chi connectivity index (χ3v) is 3.12. The fraction of sp³-hybridized carbons (Fsp3) is 0.286. The molecular formula is C14H18N4O. The van der Waals surface area contributed by atoms with Gasteiger partial charge in [0.15, 0.2) is 0 Å². The second-order valence-electron chi connectivity index (χ2n) is 4.48. The van der Waals surface area contributed by atoms with Crippen LogP contribution >= 0.6 is 0 Å². The summed E-state index contributed by atoms with van der Waals surface area (Å²) in [6.45, 7) is 2.22. The molecule has 2 aromatic rings. The predicted octanol–water partition coefficient (Wildman–Crippen LogP) is 1.36. The molecular weight excluding hydrogens is 240 g/mol. The van der Waals surface area contributed by atoms with Gasteiger partial charge >= 0.3 is 0 Å². The summed E-state index contributed by atoms with van der Waals surface area (Å²) in [5.74, 6) is 0.360. The topological polar surface area (TPSA) is 83.8 Å². The number of aromatic amines is 1. The van der Waals surface area contributed by atoms with E-state index >= 15 is 0 Å². The number of hydrogen-bond acceptors (Lipinski definition) is 3. The highest BCUT2D eigenvalue weighted by Crippen LogP contribution is 2.18. The lowest BCUT2D eigenvalue weighted by Gasteiger charge is -2.19. The number of amides is 1. The van der Waals surface area contributed by atoms with Gasteiger partial charge in [-0.2, -0.15) is 0 Å². The maximum Gasteiger partial charge on any atom is 0.225 e. The van der Waals surface area contributed by atoms with Crippen molar-refractivity contribution in [2.75, 3.05) is 0 Å². The fourth-order valence-electron chi connectivity index (χ4n) is 1.85. The molecule has 0 saturated heterocycles. The highest BCUT2D eigenvalue weighted by Gasteiger charge is 2.21. The number of carbonyl (C=O) groups excluding carboxylic acids is 1. The Hall–Kier alpha value is -2.14. The Morgan fingerprint density at radius 3 is 2.79 bits per heavy atom. The zero-order valence-electron chi connectivity index (χ0n) is 10.8. The number of H-pyrrole nitrogens is 1. The SMILES string of the molecule is CC(C(=O)NCc1ncc[nH]1)C(N)c1ccccc1. The van der Waals surface area contributed by atoms with Gasteiger partial charge in [-0.15, -0.1) is 0 Å². The van der Waals surface area contributed by atoms with Gasteiger partial charge in [0.25, 0.3) is 0 Å². The van der Waals surface area contributed by atoms with E-state index in [0.29, 0.717) is 6.54 Å². The first-order valence-corrected chi connectivity index (χ1v) is 6.25. The van der Waals surface area contributed by atoms with Crippen molar-refractivity contribution in [3.8, 4) is 0 Å². The second kappa shape index (κ2) is 6.15. The van der Waals surface area contributed by atoms with Gasteiger partial charge in [0.1, 0.15) is 5.82 Å². The van der Waals surface area contributed by atoms with Crippen molar-refractivity contribution in [1.29, 1.82) is 0 Å². The minimum Gasteiger partial charge on any atom is -0.349 e. The molecule has 4 N–H and O–H groups in total. The highest BCUT2D eigenvalue weighted by molar-refractivity contribution is 5.79. The van der Waals surface area contributed by atoms with Gasteiger partial charge in [-0.05, 0) is 5.56 Å². The van der Waals surface area contributed by atoms with Crippen LogP contribution in [0.1, 0.15) is 24.4 Å². The molecule has 0 bridgehead atoms. The van der Waals surface area contributed by atoms with Crippen molar-refractivity contribution in [1.82, 2.24) is 15.3 Å². The molecule has 2 rings (SSSR count). The van der Waals surface area contributed by atoms with Gasteiger partial charge in [0, 0.05) is 18.4 Å². The molecule has 0 aliphatic carbocycles. The van der Waals surface area contributed by atoms with Gasteiger partial charge < -0.3 is 16.0 Å². The van der Waals surface area contributed by atoms with Crippen LogP contribution in [0.2, 0.25) is 0 Å². The molecule has 5 heteroatoms. The van der Waals surface area contributed by atoms with Crippen molar-refractivity contribution in [2.24, 2.45) is 11.7 Å². The van der Waals surface area contributed by atoms with E-state index in [2.05, 4.69) is 15.3 Å². The van der Waals surface area contributed by atoms with Crippen LogP contribution in [-0.2, 0) is 11.3 Å². The number of carbonyl (C=O) groups is 1. The molecule has 2 unspecified atom stereocenters. The average Bonchev–Trinajstić information content (AvgIpc) is 2.97. The van der Waals surface area contributed by atoms with Gasteiger partial charge in [-0.25, -0.2) is 4.98 Å². The lowest BCUT2D eigenvalue weighted by Crippen LogP contribution is -2.35. The van der Waals surface area contributed by atoms with Crippen LogP contribution in [0, 0.1) is 5.92 Å². The zero-order valence-corrected chi connectivity index (χ0v) is 10.8. The molecule has 1 aromatic heterocycles. The van der Waals surface area contributed by atoms with Crippen molar-refractivity contribution in [3.63, 3.8) is 0 Å². The van der Waals surface area contributed by atoms with Crippen LogP contribution in [0.4, 0.5) is 0 Å². The molecule has 2 atom stereocenters. The summed E-state index contributed by atoms with van der Waals surface area (Å²) in [6.07, 6.45) is 3.38. The quantitative estimate of drug-likeness (QED) is 0.757. The Kier molecular flexibility index (Phi) is 4.30. The summed E-state index contributed by atoms with van der Waals surface area (Å²) < 4.78 is 0. The summed E-state index contributed by atoms with van der Waals surface area (Å²) in [5.41, 5.74) is 7.07. The van der Waals surface area contributed by atoms with Gasteiger partial charge in [-0.3, -0.25) is 4.79 Å². The third kappa shape index (κ3) is 3.42. The fourth-order valence-corrected chi connectivity index (χ4v) is 1.85. The number of hydrogen-bond donors (Lipinski definition) is 3. The lowest BCUT2D eigenvalue weighted by atomic mass is 9.95. The highest BCUT2D eigenvalue weighted by atomic mass is 16.1. The molecule has 1 heterocycles. The van der Waals surface area contributed by atoms with Crippen LogP contribution in [0.5, 0.6) is 0 Å². The van der Waals surface area contributed by atoms with Crippen LogP contribution in [-0.4, -0.2) is 15.9 Å². The first kappa shape index (κ1) is 13.3. The minimum absolute atomic E-state index is 0.0762. The van der Waals surface area contributed by atoms with Crippen LogP contribution < -0.4 is 11.1 Å². The molecule has 5 nitrogen and oxygen atoms in total. The first-order chi connectivity index (χ1) is 9.18. The second-order valence-corrected chi connectivity index (χ2v) is 4.48. The Balaban J connectivity index is 1.91. The van der Waals surface area contributed by atoms with E-state index in [0.717, 1.165) is 11.4 Å². The predicted molar refractivity (Wildman–Crippen MR) is 73.0 cm³/mol. The smallest absolute Gasteiger partial charge is 0.225 e. The molecule has 1 amide bonds. The van der Waals surface area contributed by atoms with Gasteiger partial charge in [0.05, 0.1) is 12.5 Å². The maximum atomic E-state index is 12.0. The molecule has 0 aliphatic rings. The minimum atomic E-state index is -0.308. The zero-order chi connectivity index (χ0) is 13.7. The van der Waals surface area contributed by atoms with Crippen LogP contribution in [0.25, 0.3) is 0 Å². The summed E-state index contributed by atoms with van der Waals surface area (Å²) in [4.78, 5) is 19.0. The standard InChI is InChI=1S/C14H18N4O/c1-10(13(15)11-5-3-2-4-6-11)14(19)18-9-12-16-7-8-17-12/h2-8,10,13H,9,15H2,1H3,(H,16,17)(H,18,19). The van der Waals surface area contributed by atoms with Gasteiger partial charge in [0.2, 0.25) is 5.91 Å². The summed E-state index contributed by atoms with van der Waals surface area (Å²) in [7, 11) is 0. The molecule has 0 fully saturated rings. The van der Waals surface area contributed by atoms with E-state index in [1.165, 1.54) is 0 Å². The molecule has 0 saturated carbocycles. The normalized spacial score (nSPS) is 13.8. The third-order valence-electron chi connectivity index (χ3n) is 3.12. The maximum absolute atomic E-state index is 12.0. The van der Waals surface area contributed by atoms with E-state index < -0.39 is 0 Å². The lowest BCUT2D eigenvalue weighted by molar-refractivity contribution is -0.125. The largest absolute Gasteiger partial charge is 0.349 e. The van der Waals surface area contributed by atoms with Crippen molar-refractivity contribution >= 4 is 5.91 Å². The van der Waals surface area contributed by atoms with E-state index in [-0.39, 0.29) is 17.9 Å². The Morgan fingerprint density at radius 1 is 1.42 bits per heavy atom. The molecule has 19 heavy (non-hydrogen) atoms. The van der Waals surface area contributed by atoms with E-state index in [1.54, 1.807) is 12.4 Å². The number of aromatic nitrogens is 2. The summed E-state index contributed by atoms with van der Waals surface area (Å²) >= 11 is 0. The molecule has 1 aromatic carbocycles. The Labute approximate surface area is 112 Å². The van der Waals surface area contributed by atoms with E-state index in [9.17, 15) is 4.79 Å². The number of nitrogens with two attached hydrogens (primary N) is 1. The monoisotopic (exact) mass is 258 g/mol.